The Morgan fingerprint density at radius 1 is 1.47 bits per heavy atom. The van der Waals surface area contributed by atoms with Crippen LogP contribution in [0.2, 0.25) is 0 Å². The van der Waals surface area contributed by atoms with Gasteiger partial charge in [-0.1, -0.05) is 6.92 Å². The maximum absolute atomic E-state index is 4.29. The Morgan fingerprint density at radius 3 is 2.93 bits per heavy atom. The Morgan fingerprint density at radius 2 is 2.27 bits per heavy atom. The molecule has 1 rings (SSSR count). The van der Waals surface area contributed by atoms with E-state index in [1.54, 1.807) is 0 Å². The third kappa shape index (κ3) is 4.34. The van der Waals surface area contributed by atoms with Gasteiger partial charge in [0.1, 0.15) is 0 Å². The second-order valence-corrected chi connectivity index (χ2v) is 4.03. The molecule has 0 aliphatic heterocycles. The van der Waals surface area contributed by atoms with Crippen molar-refractivity contribution in [2.75, 3.05) is 32.5 Å². The first-order valence-corrected chi connectivity index (χ1v) is 5.63. The highest BCUT2D eigenvalue weighted by Gasteiger charge is 2.00. The van der Waals surface area contributed by atoms with Gasteiger partial charge in [0.05, 0.1) is 0 Å². The lowest BCUT2D eigenvalue weighted by atomic mass is 10.4. The van der Waals surface area contributed by atoms with Crippen molar-refractivity contribution in [3.63, 3.8) is 0 Å². The van der Waals surface area contributed by atoms with Crippen LogP contribution in [0, 0.1) is 0 Å². The normalized spacial score (nSPS) is 10.9. The Bertz CT molecular complexity index is 267. The number of hydrogen-bond acceptors (Lipinski definition) is 3. The number of imidazole rings is 1. The molecule has 0 fully saturated rings. The van der Waals surface area contributed by atoms with Gasteiger partial charge in [0.15, 0.2) is 0 Å². The van der Waals surface area contributed by atoms with E-state index in [2.05, 4.69) is 40.8 Å². The van der Waals surface area contributed by atoms with Crippen LogP contribution in [0.1, 0.15) is 19.8 Å². The number of hydrogen-bond donors (Lipinski definition) is 1. The van der Waals surface area contributed by atoms with Crippen molar-refractivity contribution >= 4 is 5.95 Å². The fourth-order valence-corrected chi connectivity index (χ4v) is 1.49. The Kier molecular flexibility index (Phi) is 5.18. The van der Waals surface area contributed by atoms with Crippen LogP contribution in [0.5, 0.6) is 0 Å². The highest BCUT2D eigenvalue weighted by molar-refractivity contribution is 5.25. The molecule has 0 radical (unpaired) electrons. The number of aryl methyl sites for hydroxylation is 1. The van der Waals surface area contributed by atoms with Gasteiger partial charge in [0.25, 0.3) is 0 Å². The van der Waals surface area contributed by atoms with E-state index in [1.807, 2.05) is 12.4 Å². The minimum absolute atomic E-state index is 0.985. The summed E-state index contributed by atoms with van der Waals surface area (Å²) in [6, 6.07) is 0. The third-order valence-corrected chi connectivity index (χ3v) is 2.25. The standard InChI is InChI=1S/C11H22N4/c1-4-8-15-10-7-13-11(15)12-6-5-9-14(2)3/h7,10H,4-6,8-9H2,1-3H3,(H,12,13). The predicted molar refractivity (Wildman–Crippen MR) is 64.2 cm³/mol. The Hall–Kier alpha value is -1.03. The molecule has 0 aliphatic carbocycles. The summed E-state index contributed by atoms with van der Waals surface area (Å²) in [5.74, 6) is 0.996. The van der Waals surface area contributed by atoms with Crippen molar-refractivity contribution < 1.29 is 0 Å². The van der Waals surface area contributed by atoms with Crippen molar-refractivity contribution in [1.82, 2.24) is 14.5 Å². The average Bonchev–Trinajstić information content (AvgIpc) is 2.61. The highest BCUT2D eigenvalue weighted by atomic mass is 15.2. The first-order chi connectivity index (χ1) is 7.24. The van der Waals surface area contributed by atoms with Gasteiger partial charge in [-0.2, -0.15) is 0 Å². The number of nitrogens with zero attached hydrogens (tertiary/aromatic N) is 3. The Balaban J connectivity index is 2.27. The van der Waals surface area contributed by atoms with Crippen LogP contribution >= 0.6 is 0 Å². The molecular weight excluding hydrogens is 188 g/mol. The molecule has 1 aromatic heterocycles. The van der Waals surface area contributed by atoms with E-state index in [0.717, 1.165) is 38.4 Å². The van der Waals surface area contributed by atoms with Crippen LogP contribution in [0.3, 0.4) is 0 Å². The van der Waals surface area contributed by atoms with Crippen molar-refractivity contribution in [2.45, 2.75) is 26.3 Å². The summed E-state index contributed by atoms with van der Waals surface area (Å²) < 4.78 is 2.16. The maximum Gasteiger partial charge on any atom is 0.202 e. The van der Waals surface area contributed by atoms with Gasteiger partial charge >= 0.3 is 0 Å². The van der Waals surface area contributed by atoms with E-state index >= 15 is 0 Å². The minimum atomic E-state index is 0.985. The molecule has 15 heavy (non-hydrogen) atoms. The fraction of sp³-hybridized carbons (Fsp3) is 0.727. The van der Waals surface area contributed by atoms with Crippen molar-refractivity contribution in [1.29, 1.82) is 0 Å². The fourth-order valence-electron chi connectivity index (χ4n) is 1.49. The van der Waals surface area contributed by atoms with Crippen LogP contribution < -0.4 is 5.32 Å². The van der Waals surface area contributed by atoms with E-state index in [1.165, 1.54) is 0 Å². The van der Waals surface area contributed by atoms with Crippen LogP contribution in [0.25, 0.3) is 0 Å². The van der Waals surface area contributed by atoms with E-state index in [-0.39, 0.29) is 0 Å². The SMILES string of the molecule is CCCn1ccnc1NCCCN(C)C. The number of anilines is 1. The molecular formula is C11H22N4. The van der Waals surface area contributed by atoms with E-state index < -0.39 is 0 Å². The molecule has 1 N–H and O–H groups in total. The zero-order chi connectivity index (χ0) is 11.1. The van der Waals surface area contributed by atoms with Crippen LogP contribution in [0.15, 0.2) is 12.4 Å². The van der Waals surface area contributed by atoms with Gasteiger partial charge < -0.3 is 14.8 Å². The van der Waals surface area contributed by atoms with Crippen molar-refractivity contribution in [2.24, 2.45) is 0 Å². The van der Waals surface area contributed by atoms with Gasteiger partial charge in [0, 0.05) is 25.5 Å². The molecule has 1 heterocycles. The van der Waals surface area contributed by atoms with E-state index in [4.69, 9.17) is 0 Å². The molecule has 0 amide bonds. The second-order valence-electron chi connectivity index (χ2n) is 4.03. The molecule has 0 saturated heterocycles. The van der Waals surface area contributed by atoms with Gasteiger partial charge in [0.2, 0.25) is 5.95 Å². The van der Waals surface area contributed by atoms with Crippen LogP contribution in [0.4, 0.5) is 5.95 Å². The lowest BCUT2D eigenvalue weighted by molar-refractivity contribution is 0.405. The zero-order valence-electron chi connectivity index (χ0n) is 10.0. The molecule has 0 saturated carbocycles. The van der Waals surface area contributed by atoms with Crippen molar-refractivity contribution in [3.05, 3.63) is 12.4 Å². The van der Waals surface area contributed by atoms with E-state index in [9.17, 15) is 0 Å². The number of nitrogens with one attached hydrogen (secondary N) is 1. The summed E-state index contributed by atoms with van der Waals surface area (Å²) in [6.45, 7) is 5.31. The minimum Gasteiger partial charge on any atom is -0.356 e. The smallest absolute Gasteiger partial charge is 0.202 e. The van der Waals surface area contributed by atoms with Gasteiger partial charge in [-0.05, 0) is 33.5 Å². The third-order valence-electron chi connectivity index (χ3n) is 2.25. The molecule has 0 bridgehead atoms. The maximum atomic E-state index is 4.29. The molecule has 0 spiro atoms. The molecule has 4 heteroatoms. The first kappa shape index (κ1) is 12.0. The Labute approximate surface area is 92.3 Å². The lowest BCUT2D eigenvalue weighted by Gasteiger charge is -2.11. The molecule has 86 valence electrons. The summed E-state index contributed by atoms with van der Waals surface area (Å²) >= 11 is 0. The second kappa shape index (κ2) is 6.45. The molecule has 0 atom stereocenters. The molecule has 0 aromatic carbocycles. The van der Waals surface area contributed by atoms with E-state index in [0.29, 0.717) is 0 Å². The summed E-state index contributed by atoms with van der Waals surface area (Å²) in [6.07, 6.45) is 6.16. The van der Waals surface area contributed by atoms with Gasteiger partial charge in [-0.25, -0.2) is 4.98 Å². The average molecular weight is 210 g/mol. The number of rotatable bonds is 7. The molecule has 0 unspecified atom stereocenters. The lowest BCUT2D eigenvalue weighted by Crippen LogP contribution is -2.17. The molecule has 1 aromatic rings. The topological polar surface area (TPSA) is 33.1 Å². The summed E-state index contributed by atoms with van der Waals surface area (Å²) in [5, 5.41) is 3.36. The monoisotopic (exact) mass is 210 g/mol. The van der Waals surface area contributed by atoms with Gasteiger partial charge in [-0.15, -0.1) is 0 Å². The first-order valence-electron chi connectivity index (χ1n) is 5.63. The molecule has 4 nitrogen and oxygen atoms in total. The highest BCUT2D eigenvalue weighted by Crippen LogP contribution is 2.04. The van der Waals surface area contributed by atoms with Gasteiger partial charge in [-0.3, -0.25) is 0 Å². The summed E-state index contributed by atoms with van der Waals surface area (Å²) in [4.78, 5) is 6.48. The summed E-state index contributed by atoms with van der Waals surface area (Å²) in [5.41, 5.74) is 0. The quantitative estimate of drug-likeness (QED) is 0.695. The largest absolute Gasteiger partial charge is 0.356 e. The summed E-state index contributed by atoms with van der Waals surface area (Å²) in [7, 11) is 4.19. The molecule has 0 aliphatic rings. The van der Waals surface area contributed by atoms with Crippen molar-refractivity contribution in [3.8, 4) is 0 Å². The van der Waals surface area contributed by atoms with Crippen LogP contribution in [-0.2, 0) is 6.54 Å². The van der Waals surface area contributed by atoms with Crippen LogP contribution in [-0.4, -0.2) is 41.6 Å². The number of aromatic nitrogens is 2. The predicted octanol–water partition coefficient (Wildman–Crippen LogP) is 1.66. The zero-order valence-corrected chi connectivity index (χ0v) is 10.0.